The number of carbonyl (C=O) groups excluding carboxylic acids is 1. The van der Waals surface area contributed by atoms with Crippen LogP contribution in [0.25, 0.3) is 0 Å². The third-order valence-electron chi connectivity index (χ3n) is 5.79. The topological polar surface area (TPSA) is 92.0 Å². The van der Waals surface area contributed by atoms with E-state index in [1.807, 2.05) is 47.7 Å². The number of esters is 1. The van der Waals surface area contributed by atoms with Crippen LogP contribution in [0, 0.1) is 10.1 Å². The number of halogens is 1. The number of hydrogen-bond donors (Lipinski definition) is 0. The molecule has 0 bridgehead atoms. The highest BCUT2D eigenvalue weighted by atomic mass is 35.5. The van der Waals surface area contributed by atoms with E-state index in [0.29, 0.717) is 42.9 Å². The molecule has 0 fully saturated rings. The van der Waals surface area contributed by atoms with Crippen LogP contribution in [0.15, 0.2) is 60.2 Å². The van der Waals surface area contributed by atoms with Crippen molar-refractivity contribution in [1.82, 2.24) is 19.7 Å². The molecule has 0 amide bonds. The highest BCUT2D eigenvalue weighted by Gasteiger charge is 2.35. The van der Waals surface area contributed by atoms with Gasteiger partial charge >= 0.3 is 5.97 Å². The number of benzene rings is 1. The van der Waals surface area contributed by atoms with E-state index in [-0.39, 0.29) is 35.6 Å². The van der Waals surface area contributed by atoms with E-state index in [1.54, 1.807) is 36.5 Å². The zero-order valence-corrected chi connectivity index (χ0v) is 20.4. The molecule has 0 N–H and O–H groups in total. The molecule has 9 nitrogen and oxygen atoms in total. The summed E-state index contributed by atoms with van der Waals surface area (Å²) in [7, 11) is 1.85. The second kappa shape index (κ2) is 11.8. The van der Waals surface area contributed by atoms with Crippen molar-refractivity contribution >= 4 is 17.6 Å². The summed E-state index contributed by atoms with van der Waals surface area (Å²) in [6.45, 7) is 5.73. The fourth-order valence-electron chi connectivity index (χ4n) is 3.97. The fraction of sp³-hybridized carbons (Fsp3) is 0.417. The Morgan fingerprint density at radius 3 is 2.65 bits per heavy atom. The van der Waals surface area contributed by atoms with Gasteiger partial charge in [-0.1, -0.05) is 35.9 Å². The first-order chi connectivity index (χ1) is 16.3. The van der Waals surface area contributed by atoms with E-state index in [2.05, 4.69) is 4.98 Å². The monoisotopic (exact) mass is 487 g/mol. The summed E-state index contributed by atoms with van der Waals surface area (Å²) in [6.07, 6.45) is 2.45. The summed E-state index contributed by atoms with van der Waals surface area (Å²) >= 11 is 5.88. The molecule has 1 aliphatic rings. The largest absolute Gasteiger partial charge is 0.427 e. The molecule has 0 saturated heterocycles. The number of carbonyl (C=O) groups is 1. The van der Waals surface area contributed by atoms with Crippen LogP contribution in [0.1, 0.15) is 32.3 Å². The molecule has 10 heteroatoms. The van der Waals surface area contributed by atoms with Gasteiger partial charge in [0.2, 0.25) is 0 Å². The van der Waals surface area contributed by atoms with Gasteiger partial charge in [0.25, 0.3) is 5.70 Å². The number of nitro groups is 1. The Labute approximate surface area is 204 Å². The van der Waals surface area contributed by atoms with Gasteiger partial charge in [0, 0.05) is 38.8 Å². The van der Waals surface area contributed by atoms with Crippen LogP contribution in [-0.4, -0.2) is 63.4 Å². The van der Waals surface area contributed by atoms with Crippen molar-refractivity contribution in [3.8, 4) is 5.75 Å². The molecule has 0 aliphatic carbocycles. The van der Waals surface area contributed by atoms with Crippen LogP contribution in [-0.2, 0) is 11.3 Å². The Balaban J connectivity index is 1.67. The SMILES string of the molecule is CCN(Cc1ccc(Cl)nc1)C1=C([N+](=O)[O-])CN(C(C)CCC(=O)Oc2ccccc2)CN1C. The molecule has 182 valence electrons. The maximum Gasteiger partial charge on any atom is 0.311 e. The molecular formula is C24H30ClN5O4. The molecule has 0 spiro atoms. The van der Waals surface area contributed by atoms with Gasteiger partial charge in [0.15, 0.2) is 5.82 Å². The molecule has 1 aliphatic heterocycles. The van der Waals surface area contributed by atoms with Crippen molar-refractivity contribution in [3.63, 3.8) is 0 Å². The normalized spacial score (nSPS) is 15.2. The van der Waals surface area contributed by atoms with Gasteiger partial charge in [-0.15, -0.1) is 0 Å². The highest BCUT2D eigenvalue weighted by Crippen LogP contribution is 2.26. The van der Waals surface area contributed by atoms with Crippen molar-refractivity contribution in [1.29, 1.82) is 0 Å². The zero-order valence-electron chi connectivity index (χ0n) is 19.7. The lowest BCUT2D eigenvalue weighted by molar-refractivity contribution is -0.434. The van der Waals surface area contributed by atoms with E-state index in [1.165, 1.54) is 0 Å². The molecular weight excluding hydrogens is 458 g/mol. The summed E-state index contributed by atoms with van der Waals surface area (Å²) < 4.78 is 5.35. The van der Waals surface area contributed by atoms with Crippen LogP contribution >= 0.6 is 11.6 Å². The third kappa shape index (κ3) is 6.68. The summed E-state index contributed by atoms with van der Waals surface area (Å²) in [5.74, 6) is 0.786. The summed E-state index contributed by atoms with van der Waals surface area (Å²) in [5, 5.41) is 12.4. The van der Waals surface area contributed by atoms with E-state index in [4.69, 9.17) is 16.3 Å². The van der Waals surface area contributed by atoms with E-state index >= 15 is 0 Å². The summed E-state index contributed by atoms with van der Waals surface area (Å²) in [5.41, 5.74) is 1.05. The molecule has 1 aromatic heterocycles. The zero-order chi connectivity index (χ0) is 24.7. The number of nitrogens with zero attached hydrogens (tertiary/aromatic N) is 5. The minimum Gasteiger partial charge on any atom is -0.427 e. The van der Waals surface area contributed by atoms with Crippen LogP contribution in [0.4, 0.5) is 0 Å². The molecule has 1 aromatic carbocycles. The van der Waals surface area contributed by atoms with Crippen LogP contribution in [0.3, 0.4) is 0 Å². The molecule has 34 heavy (non-hydrogen) atoms. The minimum absolute atomic E-state index is 0.0437. The highest BCUT2D eigenvalue weighted by molar-refractivity contribution is 6.29. The summed E-state index contributed by atoms with van der Waals surface area (Å²) in [6, 6.07) is 12.5. The lowest BCUT2D eigenvalue weighted by Crippen LogP contribution is -2.51. The maximum atomic E-state index is 12.2. The van der Waals surface area contributed by atoms with Gasteiger partial charge in [-0.25, -0.2) is 4.98 Å². The maximum absolute atomic E-state index is 12.2. The van der Waals surface area contributed by atoms with E-state index in [9.17, 15) is 14.9 Å². The molecule has 0 saturated carbocycles. The van der Waals surface area contributed by atoms with E-state index < -0.39 is 0 Å². The van der Waals surface area contributed by atoms with Gasteiger partial charge < -0.3 is 14.5 Å². The second-order valence-electron chi connectivity index (χ2n) is 8.29. The van der Waals surface area contributed by atoms with Gasteiger partial charge in [0.1, 0.15) is 10.9 Å². The van der Waals surface area contributed by atoms with E-state index in [0.717, 1.165) is 5.56 Å². The molecule has 2 aromatic rings. The van der Waals surface area contributed by atoms with Crippen LogP contribution in [0.2, 0.25) is 5.15 Å². The molecule has 3 rings (SSSR count). The number of hydrogen-bond acceptors (Lipinski definition) is 8. The first kappa shape index (κ1) is 25.5. The third-order valence-corrected chi connectivity index (χ3v) is 6.02. The smallest absolute Gasteiger partial charge is 0.311 e. The Bertz CT molecular complexity index is 1020. The van der Waals surface area contributed by atoms with Crippen molar-refractivity contribution in [2.24, 2.45) is 0 Å². The van der Waals surface area contributed by atoms with Crippen LogP contribution < -0.4 is 4.74 Å². The number of rotatable bonds is 10. The van der Waals surface area contributed by atoms with Crippen molar-refractivity contribution < 1.29 is 14.5 Å². The molecule has 2 heterocycles. The molecule has 1 unspecified atom stereocenters. The van der Waals surface area contributed by atoms with Crippen molar-refractivity contribution in [2.75, 3.05) is 26.8 Å². The standard InChI is InChI=1S/C24H30ClN5O4/c1-4-28(15-19-11-12-22(25)26-14-19)24-21(30(32)33)16-29(17-27(24)3)18(2)10-13-23(31)34-20-8-6-5-7-9-20/h5-9,11-12,14,18H,4,10,13,15-17H2,1-3H3. The second-order valence-corrected chi connectivity index (χ2v) is 8.68. The number of para-hydroxylation sites is 1. The van der Waals surface area contributed by atoms with Gasteiger partial charge in [-0.3, -0.25) is 19.8 Å². The number of pyridine rings is 1. The predicted octanol–water partition coefficient (Wildman–Crippen LogP) is 3.98. The van der Waals surface area contributed by atoms with Gasteiger partial charge in [-0.05, 0) is 44.0 Å². The average Bonchev–Trinajstić information content (AvgIpc) is 2.82. The predicted molar refractivity (Wildman–Crippen MR) is 129 cm³/mol. The van der Waals surface area contributed by atoms with Gasteiger partial charge in [-0.2, -0.15) is 0 Å². The minimum atomic E-state index is -0.317. The van der Waals surface area contributed by atoms with Crippen LogP contribution in [0.5, 0.6) is 5.75 Å². The number of ether oxygens (including phenoxy) is 1. The Kier molecular flexibility index (Phi) is 8.84. The Morgan fingerprint density at radius 2 is 2.03 bits per heavy atom. The molecule has 1 atom stereocenters. The average molecular weight is 488 g/mol. The van der Waals surface area contributed by atoms with Crippen molar-refractivity contribution in [2.45, 2.75) is 39.3 Å². The Morgan fingerprint density at radius 1 is 1.29 bits per heavy atom. The summed E-state index contributed by atoms with van der Waals surface area (Å²) in [4.78, 5) is 33.9. The first-order valence-corrected chi connectivity index (χ1v) is 11.6. The lowest BCUT2D eigenvalue weighted by Gasteiger charge is -2.41. The number of aromatic nitrogens is 1. The lowest BCUT2D eigenvalue weighted by atomic mass is 10.1. The first-order valence-electron chi connectivity index (χ1n) is 11.2. The molecule has 0 radical (unpaired) electrons. The van der Waals surface area contributed by atoms with Crippen molar-refractivity contribution in [3.05, 3.63) is 81.0 Å². The quantitative estimate of drug-likeness (QED) is 0.163. The fourth-order valence-corrected chi connectivity index (χ4v) is 4.08. The van der Waals surface area contributed by atoms with Gasteiger partial charge in [0.05, 0.1) is 18.1 Å². The Hall–Kier alpha value is -3.17.